The molecule has 0 saturated carbocycles. The molecule has 0 amide bonds. The third-order valence-electron chi connectivity index (χ3n) is 2.56. The van der Waals surface area contributed by atoms with Crippen molar-refractivity contribution in [1.29, 1.82) is 0 Å². The van der Waals surface area contributed by atoms with Gasteiger partial charge < -0.3 is 19.9 Å². The second-order valence-corrected chi connectivity index (χ2v) is 3.92. The van der Waals surface area contributed by atoms with E-state index in [0.717, 1.165) is 17.5 Å². The molecule has 0 aliphatic rings. The fourth-order valence-electron chi connectivity index (χ4n) is 1.51. The third-order valence-corrected chi connectivity index (χ3v) is 2.56. The zero-order valence-corrected chi connectivity index (χ0v) is 11.1. The predicted octanol–water partition coefficient (Wildman–Crippen LogP) is 1.28. The Hall–Kier alpha value is -1.17. The van der Waals surface area contributed by atoms with E-state index in [4.69, 9.17) is 19.9 Å². The number of nitrogens with two attached hydrogens (primary N) is 1. The quantitative estimate of drug-likeness (QED) is 0.672. The Bertz CT molecular complexity index is 345. The third kappa shape index (κ3) is 5.00. The van der Waals surface area contributed by atoms with Crippen LogP contribution >= 0.6 is 0 Å². The first-order valence-electron chi connectivity index (χ1n) is 6.13. The minimum Gasteiger partial charge on any atom is -0.477 e. The molecular formula is C13H22N2O3. The lowest BCUT2D eigenvalue weighted by atomic mass is 10.1. The fourth-order valence-corrected chi connectivity index (χ4v) is 1.51. The van der Waals surface area contributed by atoms with Gasteiger partial charge in [0.25, 0.3) is 0 Å². The lowest BCUT2D eigenvalue weighted by Gasteiger charge is -2.11. The molecule has 1 heterocycles. The van der Waals surface area contributed by atoms with E-state index in [1.165, 1.54) is 0 Å². The molecule has 1 aromatic rings. The number of aryl methyl sites for hydroxylation is 1. The molecule has 0 atom stereocenters. The van der Waals surface area contributed by atoms with E-state index in [0.29, 0.717) is 38.9 Å². The van der Waals surface area contributed by atoms with Gasteiger partial charge in [-0.3, -0.25) is 0 Å². The first-order chi connectivity index (χ1) is 8.79. The Morgan fingerprint density at radius 3 is 2.78 bits per heavy atom. The molecule has 0 spiro atoms. The summed E-state index contributed by atoms with van der Waals surface area (Å²) in [6.07, 6.45) is 2.56. The first-order valence-corrected chi connectivity index (χ1v) is 6.13. The minimum absolute atomic E-state index is 0.444. The van der Waals surface area contributed by atoms with Crippen molar-refractivity contribution in [2.75, 3.05) is 33.5 Å². The second kappa shape index (κ2) is 8.85. The normalized spacial score (nSPS) is 10.6. The molecule has 0 bridgehead atoms. The smallest absolute Gasteiger partial charge is 0.218 e. The Balaban J connectivity index is 2.25. The summed E-state index contributed by atoms with van der Waals surface area (Å²) in [4.78, 5) is 4.19. The lowest BCUT2D eigenvalue weighted by Crippen LogP contribution is -2.10. The molecule has 0 aromatic carbocycles. The van der Waals surface area contributed by atoms with E-state index in [-0.39, 0.29) is 0 Å². The fraction of sp³-hybridized carbons (Fsp3) is 0.615. The number of ether oxygens (including phenoxy) is 3. The Morgan fingerprint density at radius 2 is 2.06 bits per heavy atom. The largest absolute Gasteiger partial charge is 0.477 e. The molecule has 0 aliphatic heterocycles. The highest BCUT2D eigenvalue weighted by molar-refractivity contribution is 5.33. The van der Waals surface area contributed by atoms with E-state index in [1.807, 2.05) is 13.0 Å². The number of nitrogens with zero attached hydrogens (tertiary/aromatic N) is 1. The van der Waals surface area contributed by atoms with Crippen LogP contribution in [0.15, 0.2) is 12.3 Å². The SMILES string of the molecule is COCCOCCCOc1nccc(C)c1CN. The molecule has 5 heteroatoms. The average Bonchev–Trinajstić information content (AvgIpc) is 2.38. The maximum atomic E-state index is 5.68. The van der Waals surface area contributed by atoms with Crippen LogP contribution < -0.4 is 10.5 Å². The number of hydrogen-bond donors (Lipinski definition) is 1. The molecule has 1 aromatic heterocycles. The van der Waals surface area contributed by atoms with Crippen LogP contribution in [-0.4, -0.2) is 38.5 Å². The van der Waals surface area contributed by atoms with Gasteiger partial charge in [0, 0.05) is 38.4 Å². The molecule has 0 radical (unpaired) electrons. The Labute approximate surface area is 108 Å². The van der Waals surface area contributed by atoms with Crippen molar-refractivity contribution in [2.24, 2.45) is 5.73 Å². The van der Waals surface area contributed by atoms with Crippen LogP contribution in [0, 0.1) is 6.92 Å². The van der Waals surface area contributed by atoms with Crippen LogP contribution in [0.3, 0.4) is 0 Å². The zero-order chi connectivity index (χ0) is 13.2. The van der Waals surface area contributed by atoms with Crippen molar-refractivity contribution in [3.05, 3.63) is 23.4 Å². The molecule has 0 unspecified atom stereocenters. The van der Waals surface area contributed by atoms with Gasteiger partial charge >= 0.3 is 0 Å². The standard InChI is InChI=1S/C13H22N2O3/c1-11-4-5-15-13(12(11)10-14)18-7-3-6-17-9-8-16-2/h4-5H,3,6-10,14H2,1-2H3. The highest BCUT2D eigenvalue weighted by Crippen LogP contribution is 2.18. The molecule has 0 fully saturated rings. The number of methoxy groups -OCH3 is 1. The molecule has 102 valence electrons. The summed E-state index contributed by atoms with van der Waals surface area (Å²) in [5.41, 5.74) is 7.76. The maximum Gasteiger partial charge on any atom is 0.218 e. The molecule has 2 N–H and O–H groups in total. The van der Waals surface area contributed by atoms with E-state index >= 15 is 0 Å². The van der Waals surface area contributed by atoms with E-state index in [9.17, 15) is 0 Å². The number of hydrogen-bond acceptors (Lipinski definition) is 5. The first kappa shape index (κ1) is 14.9. The highest BCUT2D eigenvalue weighted by Gasteiger charge is 2.06. The van der Waals surface area contributed by atoms with Gasteiger partial charge in [0.05, 0.1) is 19.8 Å². The minimum atomic E-state index is 0.444. The van der Waals surface area contributed by atoms with Crippen molar-refractivity contribution >= 4 is 0 Å². The number of aromatic nitrogens is 1. The molecular weight excluding hydrogens is 232 g/mol. The predicted molar refractivity (Wildman–Crippen MR) is 69.7 cm³/mol. The average molecular weight is 254 g/mol. The van der Waals surface area contributed by atoms with Crippen molar-refractivity contribution < 1.29 is 14.2 Å². The van der Waals surface area contributed by atoms with Gasteiger partial charge in [0.2, 0.25) is 5.88 Å². The highest BCUT2D eigenvalue weighted by atomic mass is 16.5. The lowest BCUT2D eigenvalue weighted by molar-refractivity contribution is 0.0641. The monoisotopic (exact) mass is 254 g/mol. The summed E-state index contributed by atoms with van der Waals surface area (Å²) in [6.45, 7) is 4.93. The zero-order valence-electron chi connectivity index (χ0n) is 11.1. The van der Waals surface area contributed by atoms with Crippen molar-refractivity contribution in [3.8, 4) is 5.88 Å². The van der Waals surface area contributed by atoms with Crippen molar-refractivity contribution in [3.63, 3.8) is 0 Å². The maximum absolute atomic E-state index is 5.68. The molecule has 1 rings (SSSR count). The van der Waals surface area contributed by atoms with Crippen LogP contribution in [0.25, 0.3) is 0 Å². The van der Waals surface area contributed by atoms with Crippen LogP contribution in [0.1, 0.15) is 17.5 Å². The summed E-state index contributed by atoms with van der Waals surface area (Å²) in [7, 11) is 1.66. The molecule has 0 saturated heterocycles. The van der Waals surface area contributed by atoms with Crippen LogP contribution in [0.2, 0.25) is 0 Å². The van der Waals surface area contributed by atoms with Crippen LogP contribution in [-0.2, 0) is 16.0 Å². The summed E-state index contributed by atoms with van der Waals surface area (Å²) >= 11 is 0. The van der Waals surface area contributed by atoms with Crippen molar-refractivity contribution in [2.45, 2.75) is 19.9 Å². The van der Waals surface area contributed by atoms with E-state index < -0.39 is 0 Å². The van der Waals surface area contributed by atoms with E-state index in [1.54, 1.807) is 13.3 Å². The summed E-state index contributed by atoms with van der Waals surface area (Å²) in [6, 6.07) is 1.93. The summed E-state index contributed by atoms with van der Waals surface area (Å²) < 4.78 is 15.8. The van der Waals surface area contributed by atoms with Gasteiger partial charge in [-0.15, -0.1) is 0 Å². The van der Waals surface area contributed by atoms with Gasteiger partial charge in [-0.2, -0.15) is 0 Å². The summed E-state index contributed by atoms with van der Waals surface area (Å²) in [5.74, 6) is 0.634. The molecule has 18 heavy (non-hydrogen) atoms. The number of rotatable bonds is 9. The number of pyridine rings is 1. The second-order valence-electron chi connectivity index (χ2n) is 3.92. The molecule has 0 aliphatic carbocycles. The van der Waals surface area contributed by atoms with Gasteiger partial charge in [0.1, 0.15) is 0 Å². The Morgan fingerprint density at radius 1 is 1.22 bits per heavy atom. The Kier molecular flexibility index (Phi) is 7.32. The van der Waals surface area contributed by atoms with E-state index in [2.05, 4.69) is 4.98 Å². The van der Waals surface area contributed by atoms with Gasteiger partial charge in [0.15, 0.2) is 0 Å². The van der Waals surface area contributed by atoms with Crippen molar-refractivity contribution in [1.82, 2.24) is 4.98 Å². The van der Waals surface area contributed by atoms with Gasteiger partial charge in [-0.25, -0.2) is 4.98 Å². The van der Waals surface area contributed by atoms with Crippen LogP contribution in [0.5, 0.6) is 5.88 Å². The van der Waals surface area contributed by atoms with Crippen LogP contribution in [0.4, 0.5) is 0 Å². The molecule has 5 nitrogen and oxygen atoms in total. The van der Waals surface area contributed by atoms with Gasteiger partial charge in [-0.05, 0) is 18.6 Å². The van der Waals surface area contributed by atoms with Gasteiger partial charge in [-0.1, -0.05) is 0 Å². The summed E-state index contributed by atoms with van der Waals surface area (Å²) in [5, 5.41) is 0. The topological polar surface area (TPSA) is 66.6 Å².